The van der Waals surface area contributed by atoms with E-state index in [1.807, 2.05) is 20.8 Å². The molecule has 206 valence electrons. The smallest absolute Gasteiger partial charge is 0.271 e. The van der Waals surface area contributed by atoms with Crippen molar-refractivity contribution in [1.82, 2.24) is 5.43 Å². The van der Waals surface area contributed by atoms with Crippen LogP contribution in [0.4, 0.5) is 5.69 Å². The molecule has 0 aliphatic heterocycles. The fourth-order valence-electron chi connectivity index (χ4n) is 3.36. The van der Waals surface area contributed by atoms with Gasteiger partial charge >= 0.3 is 0 Å². The van der Waals surface area contributed by atoms with E-state index in [1.54, 1.807) is 54.6 Å². The normalized spacial score (nSPS) is 10.7. The summed E-state index contributed by atoms with van der Waals surface area (Å²) in [6, 6.07) is 15.1. The number of nitrogens with one attached hydrogen (secondary N) is 2. The second-order valence-corrected chi connectivity index (χ2v) is 9.12. The topological polar surface area (TPSA) is 107 Å². The molecule has 0 aromatic heterocycles. The Bertz CT molecular complexity index is 1320. The minimum Gasteiger partial charge on any atom is -0.490 e. The van der Waals surface area contributed by atoms with Crippen LogP contribution < -0.4 is 29.7 Å². The summed E-state index contributed by atoms with van der Waals surface area (Å²) < 4.78 is 23.1. The third-order valence-electron chi connectivity index (χ3n) is 4.99. The summed E-state index contributed by atoms with van der Waals surface area (Å²) >= 11 is 9.34. The quantitative estimate of drug-likeness (QED) is 0.178. The van der Waals surface area contributed by atoms with E-state index < -0.39 is 5.91 Å². The molecule has 0 heterocycles. The van der Waals surface area contributed by atoms with Gasteiger partial charge in [-0.1, -0.05) is 11.6 Å². The van der Waals surface area contributed by atoms with Crippen molar-refractivity contribution >= 4 is 51.2 Å². The molecule has 0 aliphatic rings. The molecule has 0 atom stereocenters. The standard InChI is InChI=1S/C28H29BrClN3O6/c1-4-36-23-12-7-19(15-24(23)37-5-2)28(35)33-31-16-18-13-22(29)27(25(14-18)38-6-3)39-17-26(34)32-21-10-8-20(30)9-11-21/h7-16H,4-6,17H2,1-3H3,(H,32,34)(H,33,35)/b31-16+. The molecule has 0 spiro atoms. The zero-order chi connectivity index (χ0) is 28.2. The summed E-state index contributed by atoms with van der Waals surface area (Å²) in [4.78, 5) is 25.0. The van der Waals surface area contributed by atoms with E-state index in [0.717, 1.165) is 0 Å². The molecule has 2 amide bonds. The number of benzene rings is 3. The van der Waals surface area contributed by atoms with E-state index in [9.17, 15) is 9.59 Å². The number of hydrogen-bond donors (Lipinski definition) is 2. The molecule has 0 aliphatic carbocycles. The molecule has 0 unspecified atom stereocenters. The van der Waals surface area contributed by atoms with Gasteiger partial charge in [-0.3, -0.25) is 9.59 Å². The van der Waals surface area contributed by atoms with Gasteiger partial charge in [-0.15, -0.1) is 0 Å². The maximum atomic E-state index is 12.6. The first-order valence-electron chi connectivity index (χ1n) is 12.2. The van der Waals surface area contributed by atoms with Crippen molar-refractivity contribution in [3.05, 3.63) is 75.2 Å². The predicted octanol–water partition coefficient (Wildman–Crippen LogP) is 6.08. The van der Waals surface area contributed by atoms with E-state index in [0.29, 0.717) is 69.1 Å². The van der Waals surface area contributed by atoms with Crippen molar-refractivity contribution in [3.63, 3.8) is 0 Å². The third-order valence-corrected chi connectivity index (χ3v) is 5.83. The lowest BCUT2D eigenvalue weighted by Crippen LogP contribution is -2.20. The van der Waals surface area contributed by atoms with Crippen molar-refractivity contribution in [2.45, 2.75) is 20.8 Å². The minimum atomic E-state index is -0.411. The summed E-state index contributed by atoms with van der Waals surface area (Å²) in [7, 11) is 0. The molecule has 0 fully saturated rings. The molecule has 9 nitrogen and oxygen atoms in total. The number of halogens is 2. The van der Waals surface area contributed by atoms with Gasteiger partial charge in [-0.05, 0) is 96.9 Å². The van der Waals surface area contributed by atoms with E-state index >= 15 is 0 Å². The van der Waals surface area contributed by atoms with Crippen molar-refractivity contribution in [3.8, 4) is 23.0 Å². The fourth-order valence-corrected chi connectivity index (χ4v) is 4.06. The van der Waals surface area contributed by atoms with Crippen molar-refractivity contribution in [2.24, 2.45) is 5.10 Å². The van der Waals surface area contributed by atoms with Gasteiger partial charge in [-0.2, -0.15) is 5.10 Å². The van der Waals surface area contributed by atoms with Gasteiger partial charge in [0.05, 0.1) is 30.5 Å². The summed E-state index contributed by atoms with van der Waals surface area (Å²) in [6.07, 6.45) is 1.47. The molecule has 3 aromatic rings. The molecule has 0 saturated heterocycles. The number of carbonyl (C=O) groups is 2. The number of ether oxygens (including phenoxy) is 4. The Morgan fingerprint density at radius 1 is 0.872 bits per heavy atom. The van der Waals surface area contributed by atoms with Crippen LogP contribution in [0.25, 0.3) is 0 Å². The average Bonchev–Trinajstić information content (AvgIpc) is 2.91. The molecule has 0 radical (unpaired) electrons. The van der Waals surface area contributed by atoms with Gasteiger partial charge in [0.25, 0.3) is 11.8 Å². The highest BCUT2D eigenvalue weighted by atomic mass is 79.9. The minimum absolute atomic E-state index is 0.239. The highest BCUT2D eigenvalue weighted by molar-refractivity contribution is 9.10. The molecule has 39 heavy (non-hydrogen) atoms. The first kappa shape index (κ1) is 29.8. The largest absolute Gasteiger partial charge is 0.490 e. The van der Waals surface area contributed by atoms with Gasteiger partial charge in [-0.25, -0.2) is 5.43 Å². The highest BCUT2D eigenvalue weighted by Gasteiger charge is 2.15. The van der Waals surface area contributed by atoms with Crippen LogP contribution in [0.1, 0.15) is 36.7 Å². The maximum absolute atomic E-state index is 12.6. The second-order valence-electron chi connectivity index (χ2n) is 7.83. The van der Waals surface area contributed by atoms with E-state index in [1.165, 1.54) is 6.21 Å². The monoisotopic (exact) mass is 617 g/mol. The summed E-state index contributed by atoms with van der Waals surface area (Å²) in [5.41, 5.74) is 4.11. The maximum Gasteiger partial charge on any atom is 0.271 e. The summed E-state index contributed by atoms with van der Waals surface area (Å²) in [5, 5.41) is 7.38. The Hall–Kier alpha value is -3.76. The van der Waals surface area contributed by atoms with Gasteiger partial charge in [0.2, 0.25) is 0 Å². The molecule has 3 rings (SSSR count). The predicted molar refractivity (Wildman–Crippen MR) is 155 cm³/mol. The Kier molecular flexibility index (Phi) is 11.4. The lowest BCUT2D eigenvalue weighted by atomic mass is 10.2. The van der Waals surface area contributed by atoms with Crippen LogP contribution in [0, 0.1) is 0 Å². The second kappa shape index (κ2) is 15.0. The van der Waals surface area contributed by atoms with E-state index in [2.05, 4.69) is 31.8 Å². The number of hydrogen-bond acceptors (Lipinski definition) is 7. The third kappa shape index (κ3) is 8.90. The molecular formula is C28H29BrClN3O6. The number of carbonyl (C=O) groups excluding carboxylic acids is 2. The molecule has 3 aromatic carbocycles. The van der Waals surface area contributed by atoms with Crippen molar-refractivity contribution in [1.29, 1.82) is 0 Å². The number of nitrogens with zero attached hydrogens (tertiary/aromatic N) is 1. The van der Waals surface area contributed by atoms with Crippen LogP contribution in [-0.4, -0.2) is 44.5 Å². The Labute approximate surface area is 240 Å². The first-order chi connectivity index (χ1) is 18.8. The van der Waals surface area contributed by atoms with Crippen molar-refractivity contribution in [2.75, 3.05) is 31.7 Å². The van der Waals surface area contributed by atoms with E-state index in [4.69, 9.17) is 30.5 Å². The SMILES string of the molecule is CCOc1ccc(C(=O)N/N=C/c2cc(Br)c(OCC(=O)Nc3ccc(Cl)cc3)c(OCC)c2)cc1OCC. The average molecular weight is 619 g/mol. The van der Waals surface area contributed by atoms with E-state index in [-0.39, 0.29) is 12.5 Å². The number of hydrazone groups is 1. The zero-order valence-electron chi connectivity index (χ0n) is 21.8. The van der Waals surface area contributed by atoms with Crippen LogP contribution in [0.2, 0.25) is 5.02 Å². The lowest BCUT2D eigenvalue weighted by molar-refractivity contribution is -0.118. The van der Waals surface area contributed by atoms with Gasteiger partial charge < -0.3 is 24.3 Å². The molecule has 2 N–H and O–H groups in total. The van der Waals surface area contributed by atoms with Crippen LogP contribution >= 0.6 is 27.5 Å². The van der Waals surface area contributed by atoms with Crippen LogP contribution in [0.15, 0.2) is 64.2 Å². The number of amides is 2. The lowest BCUT2D eigenvalue weighted by Gasteiger charge is -2.14. The van der Waals surface area contributed by atoms with Gasteiger partial charge in [0, 0.05) is 16.3 Å². The molecule has 11 heteroatoms. The summed E-state index contributed by atoms with van der Waals surface area (Å²) in [5.74, 6) is 1.07. The fraction of sp³-hybridized carbons (Fsp3) is 0.250. The number of rotatable bonds is 13. The molecular weight excluding hydrogens is 590 g/mol. The van der Waals surface area contributed by atoms with Crippen LogP contribution in [-0.2, 0) is 4.79 Å². The molecule has 0 saturated carbocycles. The Morgan fingerprint density at radius 3 is 2.23 bits per heavy atom. The summed E-state index contributed by atoms with van der Waals surface area (Å²) in [6.45, 7) is 6.61. The Balaban J connectivity index is 1.66. The van der Waals surface area contributed by atoms with Gasteiger partial charge in [0.1, 0.15) is 0 Å². The first-order valence-corrected chi connectivity index (χ1v) is 13.4. The molecule has 0 bridgehead atoms. The van der Waals surface area contributed by atoms with Crippen molar-refractivity contribution < 1.29 is 28.5 Å². The van der Waals surface area contributed by atoms with Crippen LogP contribution in [0.3, 0.4) is 0 Å². The van der Waals surface area contributed by atoms with Gasteiger partial charge in [0.15, 0.2) is 29.6 Å². The zero-order valence-corrected chi connectivity index (χ0v) is 24.1. The Morgan fingerprint density at radius 2 is 1.54 bits per heavy atom. The number of anilines is 1. The van der Waals surface area contributed by atoms with Crippen LogP contribution in [0.5, 0.6) is 23.0 Å². The highest BCUT2D eigenvalue weighted by Crippen LogP contribution is 2.36.